The second-order valence-electron chi connectivity index (χ2n) is 9.46. The number of piperidine rings is 1. The lowest BCUT2D eigenvalue weighted by atomic mass is 9.81. The summed E-state index contributed by atoms with van der Waals surface area (Å²) in [5.74, 6) is 1.02. The Kier molecular flexibility index (Phi) is 6.27. The summed E-state index contributed by atoms with van der Waals surface area (Å²) in [5.41, 5.74) is 1.85. The van der Waals surface area contributed by atoms with Gasteiger partial charge in [0.05, 0.1) is 16.3 Å². The van der Waals surface area contributed by atoms with Gasteiger partial charge in [0.15, 0.2) is 23.0 Å². The molecule has 1 aliphatic heterocycles. The first-order valence-electron chi connectivity index (χ1n) is 10.5. The van der Waals surface area contributed by atoms with E-state index in [1.54, 1.807) is 35.1 Å². The molecule has 0 spiro atoms. The average molecular weight is 564 g/mol. The molecule has 3 aromatic rings. The number of hydrogen-bond acceptors (Lipinski definition) is 8. The number of ether oxygens (including phenoxy) is 1. The van der Waals surface area contributed by atoms with Crippen molar-refractivity contribution in [2.75, 3.05) is 0 Å². The van der Waals surface area contributed by atoms with E-state index in [-0.39, 0.29) is 22.9 Å². The summed E-state index contributed by atoms with van der Waals surface area (Å²) in [4.78, 5) is 10.4. The third-order valence-electron chi connectivity index (χ3n) is 5.45. The highest BCUT2D eigenvalue weighted by atomic mass is 127. The quantitative estimate of drug-likeness (QED) is 0.261. The summed E-state index contributed by atoms with van der Waals surface area (Å²) in [5, 5.41) is 27.2. The largest absolute Gasteiger partial charge is 0.473 e. The zero-order valence-electron chi connectivity index (χ0n) is 18.8. The molecule has 2 aromatic heterocycles. The minimum Gasteiger partial charge on any atom is -0.473 e. The zero-order valence-corrected chi connectivity index (χ0v) is 20.9. The normalized spacial score (nSPS) is 17.5. The molecule has 0 amide bonds. The second kappa shape index (κ2) is 8.86. The number of rotatable bonds is 6. The van der Waals surface area contributed by atoms with Crippen molar-refractivity contribution in [2.24, 2.45) is 0 Å². The van der Waals surface area contributed by atoms with E-state index in [1.807, 2.05) is 18.2 Å². The molecule has 0 unspecified atom stereocenters. The van der Waals surface area contributed by atoms with Gasteiger partial charge >= 0.3 is 5.69 Å². The van der Waals surface area contributed by atoms with Gasteiger partial charge in [-0.05, 0) is 45.9 Å². The van der Waals surface area contributed by atoms with Crippen LogP contribution in [-0.4, -0.2) is 42.1 Å². The molecule has 1 fully saturated rings. The molecule has 1 N–H and O–H groups in total. The maximum absolute atomic E-state index is 10.9. The monoisotopic (exact) mass is 564 g/mol. The third-order valence-corrected chi connectivity index (χ3v) is 5.92. The van der Waals surface area contributed by atoms with E-state index in [4.69, 9.17) is 7.80 Å². The lowest BCUT2D eigenvalue weighted by molar-refractivity contribution is -0.384. The molecule has 4 rings (SSSR count). The van der Waals surface area contributed by atoms with Crippen LogP contribution in [0.5, 0.6) is 11.6 Å². The fraction of sp³-hybridized carbons (Fsp3) is 0.409. The number of benzene rings is 1. The SMILES string of the molecule is CC1(C)CC(Oc2ccc(-c3ccc(-n4cc([N+](=O)[O-])cn4)cc3OI)nn2)CC(C)(C)N1. The molecule has 174 valence electrons. The lowest BCUT2D eigenvalue weighted by Crippen LogP contribution is -2.60. The Bertz CT molecular complexity index is 1150. The van der Waals surface area contributed by atoms with E-state index in [9.17, 15) is 10.1 Å². The molecule has 0 atom stereocenters. The van der Waals surface area contributed by atoms with Crippen LogP contribution >= 0.6 is 23.0 Å². The molecule has 1 aliphatic rings. The molecular formula is C22H25IN6O4. The van der Waals surface area contributed by atoms with Gasteiger partial charge in [0.1, 0.15) is 24.2 Å². The highest BCUT2D eigenvalue weighted by Crippen LogP contribution is 2.34. The predicted octanol–water partition coefficient (Wildman–Crippen LogP) is 4.65. The van der Waals surface area contributed by atoms with Crippen LogP contribution in [0.1, 0.15) is 40.5 Å². The maximum atomic E-state index is 10.9. The van der Waals surface area contributed by atoms with Gasteiger partial charge in [-0.1, -0.05) is 0 Å². The van der Waals surface area contributed by atoms with Crippen LogP contribution in [0, 0.1) is 10.1 Å². The van der Waals surface area contributed by atoms with Gasteiger partial charge in [0.25, 0.3) is 0 Å². The predicted molar refractivity (Wildman–Crippen MR) is 131 cm³/mol. The molecule has 0 radical (unpaired) electrons. The maximum Gasteiger partial charge on any atom is 0.307 e. The Hall–Kier alpha value is -2.80. The number of nitro groups is 1. The fourth-order valence-corrected chi connectivity index (χ4v) is 4.85. The summed E-state index contributed by atoms with van der Waals surface area (Å²) in [7, 11) is 0. The van der Waals surface area contributed by atoms with Crippen LogP contribution in [0.15, 0.2) is 42.7 Å². The molecule has 1 saturated heterocycles. The summed E-state index contributed by atoms with van der Waals surface area (Å²) in [6.07, 6.45) is 4.34. The van der Waals surface area contributed by atoms with Crippen LogP contribution in [0.25, 0.3) is 16.9 Å². The molecule has 0 bridgehead atoms. The molecular weight excluding hydrogens is 539 g/mol. The number of aromatic nitrogens is 4. The first kappa shape index (κ1) is 23.4. The summed E-state index contributed by atoms with van der Waals surface area (Å²) < 4.78 is 13.1. The van der Waals surface area contributed by atoms with E-state index in [1.165, 1.54) is 17.1 Å². The Morgan fingerprint density at radius 2 is 1.88 bits per heavy atom. The van der Waals surface area contributed by atoms with Gasteiger partial charge < -0.3 is 13.1 Å². The molecule has 10 nitrogen and oxygen atoms in total. The van der Waals surface area contributed by atoms with E-state index < -0.39 is 4.92 Å². The average Bonchev–Trinajstić information content (AvgIpc) is 3.22. The van der Waals surface area contributed by atoms with Crippen molar-refractivity contribution in [3.63, 3.8) is 0 Å². The van der Waals surface area contributed by atoms with Gasteiger partial charge in [-0.25, -0.2) is 4.68 Å². The van der Waals surface area contributed by atoms with Gasteiger partial charge in [0.2, 0.25) is 5.88 Å². The molecule has 11 heteroatoms. The summed E-state index contributed by atoms with van der Waals surface area (Å²) >= 11 is 1.79. The number of nitrogens with one attached hydrogen (secondary N) is 1. The molecule has 1 aromatic carbocycles. The van der Waals surface area contributed by atoms with Crippen molar-refractivity contribution in [1.29, 1.82) is 0 Å². The Labute approximate surface area is 205 Å². The molecule has 0 saturated carbocycles. The highest BCUT2D eigenvalue weighted by Gasteiger charge is 2.38. The van der Waals surface area contributed by atoms with Gasteiger partial charge in [0, 0.05) is 41.6 Å². The van der Waals surface area contributed by atoms with Crippen molar-refractivity contribution in [1.82, 2.24) is 25.3 Å². The second-order valence-corrected chi connectivity index (χ2v) is 9.90. The van der Waals surface area contributed by atoms with E-state index in [0.717, 1.165) is 18.4 Å². The third kappa shape index (κ3) is 5.41. The van der Waals surface area contributed by atoms with E-state index in [0.29, 0.717) is 23.0 Å². The standard InChI is InChI=1S/C22H25IN6O4/c1-21(2)10-16(11-22(3,4)27-21)32-20-8-7-18(25-26-20)17-6-5-14(9-19(17)33-23)28-13-15(12-24-28)29(30)31/h5-9,12-13,16,27H,10-11H2,1-4H3. The minimum absolute atomic E-state index is 0.0247. The van der Waals surface area contributed by atoms with Crippen molar-refractivity contribution in [3.8, 4) is 28.6 Å². The van der Waals surface area contributed by atoms with Crippen LogP contribution in [-0.2, 0) is 0 Å². The number of nitrogens with zero attached hydrogens (tertiary/aromatic N) is 5. The van der Waals surface area contributed by atoms with Gasteiger partial charge in [-0.3, -0.25) is 10.1 Å². The minimum atomic E-state index is -0.487. The van der Waals surface area contributed by atoms with Gasteiger partial charge in [-0.15, -0.1) is 10.2 Å². The van der Waals surface area contributed by atoms with E-state index in [2.05, 4.69) is 48.3 Å². The van der Waals surface area contributed by atoms with Crippen molar-refractivity contribution >= 4 is 28.7 Å². The first-order chi connectivity index (χ1) is 15.5. The highest BCUT2D eigenvalue weighted by molar-refractivity contribution is 14.1. The smallest absolute Gasteiger partial charge is 0.307 e. The number of hydrogen-bond donors (Lipinski definition) is 1. The Balaban J connectivity index is 1.53. The first-order valence-corrected chi connectivity index (χ1v) is 11.4. The van der Waals surface area contributed by atoms with Crippen molar-refractivity contribution in [2.45, 2.75) is 57.7 Å². The molecule has 33 heavy (non-hydrogen) atoms. The molecule has 0 aliphatic carbocycles. The fourth-order valence-electron chi connectivity index (χ4n) is 4.49. The number of halogens is 1. The van der Waals surface area contributed by atoms with Crippen LogP contribution in [0.4, 0.5) is 5.69 Å². The van der Waals surface area contributed by atoms with Crippen LogP contribution < -0.4 is 13.1 Å². The van der Waals surface area contributed by atoms with Crippen molar-refractivity contribution in [3.05, 3.63) is 52.8 Å². The Morgan fingerprint density at radius 1 is 1.15 bits per heavy atom. The zero-order chi connectivity index (χ0) is 23.8. The van der Waals surface area contributed by atoms with Crippen LogP contribution in [0.3, 0.4) is 0 Å². The van der Waals surface area contributed by atoms with Crippen LogP contribution in [0.2, 0.25) is 0 Å². The summed E-state index contributed by atoms with van der Waals surface area (Å²) in [6, 6.07) is 9.00. The summed E-state index contributed by atoms with van der Waals surface area (Å²) in [6.45, 7) is 8.71. The Morgan fingerprint density at radius 3 is 2.45 bits per heavy atom. The van der Waals surface area contributed by atoms with Crippen molar-refractivity contribution < 1.29 is 12.7 Å². The van der Waals surface area contributed by atoms with E-state index >= 15 is 0 Å². The molecule has 3 heterocycles. The van der Waals surface area contributed by atoms with Gasteiger partial charge in [-0.2, -0.15) is 5.10 Å². The lowest BCUT2D eigenvalue weighted by Gasteiger charge is -2.46. The topological polar surface area (TPSA) is 117 Å².